The fraction of sp³-hybridized carbons (Fsp3) is 0.182. The van der Waals surface area contributed by atoms with Crippen molar-refractivity contribution in [3.63, 3.8) is 0 Å². The van der Waals surface area contributed by atoms with Crippen LogP contribution < -0.4 is 4.74 Å². The Hall–Kier alpha value is -1.35. The van der Waals surface area contributed by atoms with Gasteiger partial charge >= 0.3 is 5.97 Å². The first-order chi connectivity index (χ1) is 6.79. The second-order valence-corrected chi connectivity index (χ2v) is 3.90. The third-order valence-electron chi connectivity index (χ3n) is 1.95. The van der Waals surface area contributed by atoms with E-state index in [1.165, 1.54) is 5.39 Å². The lowest BCUT2D eigenvalue weighted by molar-refractivity contribution is -0.134. The van der Waals surface area contributed by atoms with E-state index in [1.807, 2.05) is 29.6 Å². The first kappa shape index (κ1) is 9.21. The molecule has 0 unspecified atom stereocenters. The topological polar surface area (TPSA) is 26.3 Å². The van der Waals surface area contributed by atoms with Crippen molar-refractivity contribution in [3.05, 3.63) is 29.6 Å². The summed E-state index contributed by atoms with van der Waals surface area (Å²) in [6, 6.07) is 7.73. The lowest BCUT2D eigenvalue weighted by Gasteiger charge is -2.01. The van der Waals surface area contributed by atoms with Gasteiger partial charge in [-0.2, -0.15) is 0 Å². The van der Waals surface area contributed by atoms with Crippen LogP contribution in [0.25, 0.3) is 10.1 Å². The Kier molecular flexibility index (Phi) is 2.50. The van der Waals surface area contributed by atoms with Gasteiger partial charge in [0.1, 0.15) is 5.75 Å². The summed E-state index contributed by atoms with van der Waals surface area (Å²) in [4.78, 5) is 11.0. The molecule has 2 aromatic rings. The zero-order valence-electron chi connectivity index (χ0n) is 7.82. The van der Waals surface area contributed by atoms with Crippen LogP contribution in [0, 0.1) is 0 Å². The smallest absolute Gasteiger partial charge is 0.310 e. The van der Waals surface area contributed by atoms with E-state index in [0.717, 1.165) is 4.70 Å². The second-order valence-electron chi connectivity index (χ2n) is 2.95. The SMILES string of the molecule is CCC(=O)Oc1ccc2ccsc2c1. The van der Waals surface area contributed by atoms with Gasteiger partial charge in [0, 0.05) is 11.1 Å². The van der Waals surface area contributed by atoms with E-state index in [1.54, 1.807) is 18.3 Å². The van der Waals surface area contributed by atoms with Crippen LogP contribution in [0.15, 0.2) is 29.6 Å². The molecule has 0 bridgehead atoms. The minimum atomic E-state index is -0.194. The van der Waals surface area contributed by atoms with E-state index in [4.69, 9.17) is 4.74 Å². The molecular weight excluding hydrogens is 196 g/mol. The van der Waals surface area contributed by atoms with Gasteiger partial charge in [0.2, 0.25) is 0 Å². The van der Waals surface area contributed by atoms with Crippen molar-refractivity contribution < 1.29 is 9.53 Å². The molecule has 1 aromatic heterocycles. The molecule has 0 N–H and O–H groups in total. The summed E-state index contributed by atoms with van der Waals surface area (Å²) in [6.45, 7) is 1.78. The summed E-state index contributed by atoms with van der Waals surface area (Å²) in [7, 11) is 0. The van der Waals surface area contributed by atoms with E-state index in [-0.39, 0.29) is 5.97 Å². The molecule has 0 saturated carbocycles. The highest BCUT2D eigenvalue weighted by atomic mass is 32.1. The highest BCUT2D eigenvalue weighted by molar-refractivity contribution is 7.17. The number of hydrogen-bond donors (Lipinski definition) is 0. The van der Waals surface area contributed by atoms with Crippen molar-refractivity contribution in [2.45, 2.75) is 13.3 Å². The Morgan fingerprint density at radius 3 is 3.07 bits per heavy atom. The highest BCUT2D eigenvalue weighted by Crippen LogP contribution is 2.25. The van der Waals surface area contributed by atoms with Crippen LogP contribution in [0.5, 0.6) is 5.75 Å². The molecule has 0 fully saturated rings. The molecule has 3 heteroatoms. The maximum absolute atomic E-state index is 11.0. The van der Waals surface area contributed by atoms with Crippen LogP contribution in [0.3, 0.4) is 0 Å². The minimum absolute atomic E-state index is 0.194. The van der Waals surface area contributed by atoms with Gasteiger partial charge in [-0.3, -0.25) is 4.79 Å². The largest absolute Gasteiger partial charge is 0.426 e. The van der Waals surface area contributed by atoms with Crippen LogP contribution in [0.1, 0.15) is 13.3 Å². The average Bonchev–Trinajstić information content (AvgIpc) is 2.64. The lowest BCUT2D eigenvalue weighted by atomic mass is 10.2. The Labute approximate surface area is 86.1 Å². The van der Waals surface area contributed by atoms with Crippen LogP contribution in [-0.2, 0) is 4.79 Å². The predicted octanol–water partition coefficient (Wildman–Crippen LogP) is 3.22. The normalized spacial score (nSPS) is 10.4. The number of carbonyl (C=O) groups excluding carboxylic acids is 1. The molecule has 0 aliphatic rings. The standard InChI is InChI=1S/C11H10O2S/c1-2-11(12)13-9-4-3-8-5-6-14-10(8)7-9/h3-7H,2H2,1H3. The fourth-order valence-electron chi connectivity index (χ4n) is 1.20. The summed E-state index contributed by atoms with van der Waals surface area (Å²) in [6.07, 6.45) is 0.405. The summed E-state index contributed by atoms with van der Waals surface area (Å²) in [5.41, 5.74) is 0. The zero-order chi connectivity index (χ0) is 9.97. The molecule has 0 atom stereocenters. The quantitative estimate of drug-likeness (QED) is 0.557. The van der Waals surface area contributed by atoms with Crippen molar-refractivity contribution in [1.82, 2.24) is 0 Å². The number of esters is 1. The van der Waals surface area contributed by atoms with E-state index in [9.17, 15) is 4.79 Å². The molecule has 0 aliphatic heterocycles. The van der Waals surface area contributed by atoms with Crippen molar-refractivity contribution in [1.29, 1.82) is 0 Å². The monoisotopic (exact) mass is 206 g/mol. The first-order valence-corrected chi connectivity index (χ1v) is 5.35. The van der Waals surface area contributed by atoms with Gasteiger partial charge in [-0.05, 0) is 35.0 Å². The third kappa shape index (κ3) is 1.77. The first-order valence-electron chi connectivity index (χ1n) is 4.47. The molecule has 0 radical (unpaired) electrons. The zero-order valence-corrected chi connectivity index (χ0v) is 8.64. The molecule has 0 saturated heterocycles. The Balaban J connectivity index is 2.30. The van der Waals surface area contributed by atoms with Crippen molar-refractivity contribution in [2.24, 2.45) is 0 Å². The Morgan fingerprint density at radius 2 is 2.29 bits per heavy atom. The molecular formula is C11H10O2S. The second kappa shape index (κ2) is 3.80. The molecule has 2 rings (SSSR count). The van der Waals surface area contributed by atoms with Gasteiger partial charge < -0.3 is 4.74 Å². The number of benzene rings is 1. The number of rotatable bonds is 2. The third-order valence-corrected chi connectivity index (χ3v) is 2.83. The fourth-order valence-corrected chi connectivity index (χ4v) is 2.02. The highest BCUT2D eigenvalue weighted by Gasteiger charge is 2.02. The minimum Gasteiger partial charge on any atom is -0.426 e. The van der Waals surface area contributed by atoms with Gasteiger partial charge in [-0.15, -0.1) is 11.3 Å². The Bertz CT molecular complexity index is 459. The Morgan fingerprint density at radius 1 is 1.43 bits per heavy atom. The van der Waals surface area contributed by atoms with Gasteiger partial charge in [0.25, 0.3) is 0 Å². The maximum atomic E-state index is 11.0. The molecule has 0 aliphatic carbocycles. The molecule has 1 heterocycles. The van der Waals surface area contributed by atoms with Gasteiger partial charge in [-0.25, -0.2) is 0 Å². The van der Waals surface area contributed by atoms with Crippen molar-refractivity contribution in [3.8, 4) is 5.75 Å². The molecule has 0 spiro atoms. The molecule has 14 heavy (non-hydrogen) atoms. The van der Waals surface area contributed by atoms with Gasteiger partial charge in [-0.1, -0.05) is 6.92 Å². The van der Waals surface area contributed by atoms with E-state index < -0.39 is 0 Å². The predicted molar refractivity (Wildman–Crippen MR) is 57.8 cm³/mol. The molecule has 1 aromatic carbocycles. The maximum Gasteiger partial charge on any atom is 0.310 e. The van der Waals surface area contributed by atoms with E-state index >= 15 is 0 Å². The van der Waals surface area contributed by atoms with Crippen molar-refractivity contribution >= 4 is 27.4 Å². The van der Waals surface area contributed by atoms with Gasteiger partial charge in [0.15, 0.2) is 0 Å². The number of fused-ring (bicyclic) bond motifs is 1. The van der Waals surface area contributed by atoms with E-state index in [0.29, 0.717) is 12.2 Å². The molecule has 0 amide bonds. The summed E-state index contributed by atoms with van der Waals surface area (Å²) < 4.78 is 6.25. The summed E-state index contributed by atoms with van der Waals surface area (Å²) in [5, 5.41) is 3.21. The summed E-state index contributed by atoms with van der Waals surface area (Å²) in [5.74, 6) is 0.438. The van der Waals surface area contributed by atoms with Crippen LogP contribution in [0.4, 0.5) is 0 Å². The van der Waals surface area contributed by atoms with E-state index in [2.05, 4.69) is 0 Å². The number of thiophene rings is 1. The van der Waals surface area contributed by atoms with Crippen LogP contribution in [0.2, 0.25) is 0 Å². The van der Waals surface area contributed by atoms with Crippen LogP contribution in [-0.4, -0.2) is 5.97 Å². The number of ether oxygens (including phenoxy) is 1. The molecule has 72 valence electrons. The van der Waals surface area contributed by atoms with Crippen molar-refractivity contribution in [2.75, 3.05) is 0 Å². The number of hydrogen-bond acceptors (Lipinski definition) is 3. The van der Waals surface area contributed by atoms with Crippen LogP contribution >= 0.6 is 11.3 Å². The van der Waals surface area contributed by atoms with Gasteiger partial charge in [0.05, 0.1) is 0 Å². The lowest BCUT2D eigenvalue weighted by Crippen LogP contribution is -2.04. The number of carbonyl (C=O) groups is 1. The average molecular weight is 206 g/mol. The summed E-state index contributed by atoms with van der Waals surface area (Å²) >= 11 is 1.64. The molecule has 2 nitrogen and oxygen atoms in total.